The van der Waals surface area contributed by atoms with E-state index in [2.05, 4.69) is 16.5 Å². The summed E-state index contributed by atoms with van der Waals surface area (Å²) in [6.45, 7) is 8.95. The Hall–Kier alpha value is -2.38. The number of carbonyl (C=O) groups excluding carboxylic acids is 1. The molecule has 1 amide bonds. The van der Waals surface area contributed by atoms with Crippen molar-refractivity contribution in [2.45, 2.75) is 76.3 Å². The van der Waals surface area contributed by atoms with Crippen LogP contribution in [0.3, 0.4) is 0 Å². The summed E-state index contributed by atoms with van der Waals surface area (Å²) in [6.07, 6.45) is 10.9. The number of benzene rings is 1. The fourth-order valence-electron chi connectivity index (χ4n) is 6.54. The molecule has 2 aromatic rings. The van der Waals surface area contributed by atoms with Crippen LogP contribution in [-0.4, -0.2) is 70.7 Å². The second-order valence-electron chi connectivity index (χ2n) is 11.1. The number of ether oxygens (including phenoxy) is 1. The lowest BCUT2D eigenvalue weighted by molar-refractivity contribution is -0.137. The number of para-hydroxylation sites is 2. The maximum absolute atomic E-state index is 12.6. The van der Waals surface area contributed by atoms with Gasteiger partial charge in [-0.25, -0.2) is 4.79 Å². The summed E-state index contributed by atoms with van der Waals surface area (Å²) in [6, 6.07) is 8.87. The number of likely N-dealkylation sites (tertiary alicyclic amines) is 2. The van der Waals surface area contributed by atoms with E-state index in [1.807, 2.05) is 33.7 Å². The number of hydrogen-bond acceptors (Lipinski definition) is 4. The van der Waals surface area contributed by atoms with Crippen LogP contribution in [-0.2, 0) is 9.53 Å². The number of fused-ring (bicyclic) bond motifs is 1. The second-order valence-corrected chi connectivity index (χ2v) is 11.1. The molecule has 0 atom stereocenters. The molecule has 1 aromatic heterocycles. The van der Waals surface area contributed by atoms with Crippen molar-refractivity contribution in [1.29, 1.82) is 0 Å². The SMILES string of the molecule is C=C1CCN(C2CCN(C(=O)COCCCC3CCC(n4c(=O)[nH]c5ccccc54)CC3)CC2)CC1. The molecule has 5 rings (SSSR count). The van der Waals surface area contributed by atoms with E-state index in [9.17, 15) is 9.59 Å². The van der Waals surface area contributed by atoms with E-state index >= 15 is 0 Å². The second kappa shape index (κ2) is 11.8. The van der Waals surface area contributed by atoms with Gasteiger partial charge in [0.05, 0.1) is 11.0 Å². The molecule has 196 valence electrons. The Labute approximate surface area is 214 Å². The number of aromatic nitrogens is 2. The Kier molecular flexibility index (Phi) is 8.27. The highest BCUT2D eigenvalue weighted by molar-refractivity contribution is 5.77. The molecular formula is C29H42N4O3. The minimum Gasteiger partial charge on any atom is -0.372 e. The van der Waals surface area contributed by atoms with Crippen LogP contribution in [0, 0.1) is 5.92 Å². The molecule has 0 bridgehead atoms. The lowest BCUT2D eigenvalue weighted by atomic mass is 9.83. The Morgan fingerprint density at radius 1 is 0.972 bits per heavy atom. The quantitative estimate of drug-likeness (QED) is 0.433. The molecule has 2 saturated heterocycles. The monoisotopic (exact) mass is 494 g/mol. The van der Waals surface area contributed by atoms with Crippen LogP contribution in [0.25, 0.3) is 11.0 Å². The number of nitrogens with one attached hydrogen (secondary N) is 1. The van der Waals surface area contributed by atoms with Gasteiger partial charge in [-0.05, 0) is 82.3 Å². The normalized spacial score (nSPS) is 24.4. The van der Waals surface area contributed by atoms with Gasteiger partial charge in [0.2, 0.25) is 5.91 Å². The number of amides is 1. The largest absolute Gasteiger partial charge is 0.372 e. The van der Waals surface area contributed by atoms with Crippen molar-refractivity contribution in [1.82, 2.24) is 19.4 Å². The Morgan fingerprint density at radius 2 is 1.69 bits per heavy atom. The van der Waals surface area contributed by atoms with Crippen molar-refractivity contribution in [2.24, 2.45) is 5.92 Å². The van der Waals surface area contributed by atoms with Crippen molar-refractivity contribution >= 4 is 16.9 Å². The molecule has 1 aliphatic carbocycles. The maximum atomic E-state index is 12.6. The van der Waals surface area contributed by atoms with E-state index in [4.69, 9.17) is 4.74 Å². The fraction of sp³-hybridized carbons (Fsp3) is 0.655. The summed E-state index contributed by atoms with van der Waals surface area (Å²) in [7, 11) is 0. The molecule has 3 heterocycles. The van der Waals surface area contributed by atoms with Crippen LogP contribution in [0.2, 0.25) is 0 Å². The van der Waals surface area contributed by atoms with Gasteiger partial charge in [-0.3, -0.25) is 14.3 Å². The fourth-order valence-corrected chi connectivity index (χ4v) is 6.54. The first kappa shape index (κ1) is 25.3. The summed E-state index contributed by atoms with van der Waals surface area (Å²) >= 11 is 0. The van der Waals surface area contributed by atoms with Gasteiger partial charge in [-0.2, -0.15) is 0 Å². The number of piperidine rings is 2. The van der Waals surface area contributed by atoms with E-state index in [1.54, 1.807) is 0 Å². The average molecular weight is 495 g/mol. The predicted molar refractivity (Wildman–Crippen MR) is 143 cm³/mol. The predicted octanol–water partition coefficient (Wildman–Crippen LogP) is 4.50. The topological polar surface area (TPSA) is 70.6 Å². The molecule has 0 spiro atoms. The smallest absolute Gasteiger partial charge is 0.326 e. The Balaban J connectivity index is 0.956. The summed E-state index contributed by atoms with van der Waals surface area (Å²) in [5.74, 6) is 0.831. The highest BCUT2D eigenvalue weighted by Crippen LogP contribution is 2.35. The maximum Gasteiger partial charge on any atom is 0.326 e. The number of hydrogen-bond donors (Lipinski definition) is 1. The summed E-state index contributed by atoms with van der Waals surface area (Å²) < 4.78 is 7.74. The zero-order valence-corrected chi connectivity index (χ0v) is 21.6. The van der Waals surface area contributed by atoms with Gasteiger partial charge in [-0.1, -0.05) is 24.3 Å². The highest BCUT2D eigenvalue weighted by Gasteiger charge is 2.28. The van der Waals surface area contributed by atoms with E-state index in [-0.39, 0.29) is 24.2 Å². The first-order valence-electron chi connectivity index (χ1n) is 14.0. The van der Waals surface area contributed by atoms with Crippen molar-refractivity contribution in [3.05, 3.63) is 46.9 Å². The van der Waals surface area contributed by atoms with E-state index in [1.165, 1.54) is 5.57 Å². The Bertz CT molecular complexity index is 1080. The van der Waals surface area contributed by atoms with Crippen molar-refractivity contribution < 1.29 is 9.53 Å². The number of imidazole rings is 1. The lowest BCUT2D eigenvalue weighted by Crippen LogP contribution is -2.49. The van der Waals surface area contributed by atoms with E-state index in [0.29, 0.717) is 18.6 Å². The van der Waals surface area contributed by atoms with Crippen molar-refractivity contribution in [3.63, 3.8) is 0 Å². The molecular weight excluding hydrogens is 452 g/mol. The van der Waals surface area contributed by atoms with Crippen LogP contribution >= 0.6 is 0 Å². The van der Waals surface area contributed by atoms with Gasteiger partial charge < -0.3 is 14.6 Å². The molecule has 0 unspecified atom stereocenters. The van der Waals surface area contributed by atoms with Crippen LogP contribution < -0.4 is 5.69 Å². The molecule has 1 N–H and O–H groups in total. The first-order valence-corrected chi connectivity index (χ1v) is 14.0. The van der Waals surface area contributed by atoms with Crippen molar-refractivity contribution in [3.8, 4) is 0 Å². The number of H-pyrrole nitrogens is 1. The lowest BCUT2D eigenvalue weighted by Gasteiger charge is -2.40. The molecule has 0 radical (unpaired) electrons. The number of nitrogens with zero attached hydrogens (tertiary/aromatic N) is 3. The van der Waals surface area contributed by atoms with Crippen molar-refractivity contribution in [2.75, 3.05) is 39.4 Å². The van der Waals surface area contributed by atoms with Gasteiger partial charge in [0, 0.05) is 44.9 Å². The molecule has 3 fully saturated rings. The number of aromatic amines is 1. The van der Waals surface area contributed by atoms with Crippen LogP contribution in [0.1, 0.15) is 70.3 Å². The molecule has 7 heteroatoms. The van der Waals surface area contributed by atoms with Gasteiger partial charge in [0.1, 0.15) is 6.61 Å². The standard InChI is InChI=1S/C29H42N4O3/c1-22-12-16-31(17-13-22)24-14-18-32(19-15-24)28(34)21-36-20-4-5-23-8-10-25(11-9-23)33-27-7-3-2-6-26(27)30-29(33)35/h2-3,6-7,23-25H,1,4-5,8-21H2,(H,30,35). The number of carbonyl (C=O) groups is 1. The minimum atomic E-state index is 0.0136. The third-order valence-corrected chi connectivity index (χ3v) is 8.77. The average Bonchev–Trinajstić information content (AvgIpc) is 3.25. The van der Waals surface area contributed by atoms with Gasteiger partial charge in [-0.15, -0.1) is 0 Å². The van der Waals surface area contributed by atoms with Gasteiger partial charge in [0.15, 0.2) is 0 Å². The highest BCUT2D eigenvalue weighted by atomic mass is 16.5. The molecule has 36 heavy (non-hydrogen) atoms. The van der Waals surface area contributed by atoms with Crippen LogP contribution in [0.5, 0.6) is 0 Å². The summed E-state index contributed by atoms with van der Waals surface area (Å²) in [4.78, 5) is 32.7. The zero-order valence-electron chi connectivity index (χ0n) is 21.6. The zero-order chi connectivity index (χ0) is 24.9. The summed E-state index contributed by atoms with van der Waals surface area (Å²) in [5, 5.41) is 0. The van der Waals surface area contributed by atoms with Gasteiger partial charge >= 0.3 is 5.69 Å². The molecule has 3 aliphatic rings. The number of rotatable bonds is 8. The third-order valence-electron chi connectivity index (χ3n) is 8.77. The molecule has 7 nitrogen and oxygen atoms in total. The van der Waals surface area contributed by atoms with Crippen LogP contribution in [0.4, 0.5) is 0 Å². The molecule has 1 aromatic carbocycles. The molecule has 1 saturated carbocycles. The Morgan fingerprint density at radius 3 is 2.44 bits per heavy atom. The first-order chi connectivity index (χ1) is 17.6. The van der Waals surface area contributed by atoms with Gasteiger partial charge in [0.25, 0.3) is 0 Å². The van der Waals surface area contributed by atoms with Crippen LogP contribution in [0.15, 0.2) is 41.2 Å². The van der Waals surface area contributed by atoms with E-state index in [0.717, 1.165) is 101 Å². The minimum absolute atomic E-state index is 0.0136. The molecule has 2 aliphatic heterocycles. The summed E-state index contributed by atoms with van der Waals surface area (Å²) in [5.41, 5.74) is 3.34. The van der Waals surface area contributed by atoms with E-state index < -0.39 is 0 Å². The third kappa shape index (κ3) is 5.94.